The normalized spacial score (nSPS) is 14.2. The first-order valence-corrected chi connectivity index (χ1v) is 5.82. The first-order chi connectivity index (χ1) is 7.85. The van der Waals surface area contributed by atoms with Crippen LogP contribution in [0.5, 0.6) is 0 Å². The number of carbonyl (C=O) groups excluding carboxylic acids is 1. The van der Waals surface area contributed by atoms with E-state index in [0.29, 0.717) is 6.61 Å². The fraction of sp³-hybridized carbons (Fsp3) is 0.500. The first-order valence-electron chi connectivity index (χ1n) is 5.82. The SMILES string of the molecule is CCOC(=O)CC(C)(O)c1cc(C)cc(C)c1. The largest absolute Gasteiger partial charge is 0.466 e. The number of aliphatic hydroxyl groups is 1. The van der Waals surface area contributed by atoms with Crippen LogP contribution < -0.4 is 0 Å². The van der Waals surface area contributed by atoms with Gasteiger partial charge in [0.05, 0.1) is 18.6 Å². The molecule has 1 rings (SSSR count). The fourth-order valence-corrected chi connectivity index (χ4v) is 1.88. The topological polar surface area (TPSA) is 46.5 Å². The van der Waals surface area contributed by atoms with Crippen LogP contribution in [0.25, 0.3) is 0 Å². The summed E-state index contributed by atoms with van der Waals surface area (Å²) in [5, 5.41) is 10.3. The van der Waals surface area contributed by atoms with Gasteiger partial charge in [0, 0.05) is 0 Å². The molecular formula is C14H20O3. The van der Waals surface area contributed by atoms with Crippen LogP contribution in [0.4, 0.5) is 0 Å². The number of benzene rings is 1. The lowest BCUT2D eigenvalue weighted by molar-refractivity contribution is -0.148. The maximum Gasteiger partial charge on any atom is 0.309 e. The highest BCUT2D eigenvalue weighted by atomic mass is 16.5. The maximum absolute atomic E-state index is 11.4. The average molecular weight is 236 g/mol. The second-order valence-corrected chi connectivity index (χ2v) is 4.63. The van der Waals surface area contributed by atoms with Crippen LogP contribution in [0, 0.1) is 13.8 Å². The summed E-state index contributed by atoms with van der Waals surface area (Å²) in [6, 6.07) is 5.82. The summed E-state index contributed by atoms with van der Waals surface area (Å²) < 4.78 is 4.86. The van der Waals surface area contributed by atoms with E-state index in [-0.39, 0.29) is 12.4 Å². The molecule has 3 nitrogen and oxygen atoms in total. The van der Waals surface area contributed by atoms with Gasteiger partial charge in [-0.05, 0) is 33.3 Å². The monoisotopic (exact) mass is 236 g/mol. The van der Waals surface area contributed by atoms with Gasteiger partial charge in [-0.3, -0.25) is 4.79 Å². The van der Waals surface area contributed by atoms with Crippen LogP contribution >= 0.6 is 0 Å². The molecule has 0 heterocycles. The van der Waals surface area contributed by atoms with Gasteiger partial charge in [0.15, 0.2) is 0 Å². The van der Waals surface area contributed by atoms with Crippen molar-refractivity contribution in [2.45, 2.75) is 39.7 Å². The van der Waals surface area contributed by atoms with Gasteiger partial charge in [0.1, 0.15) is 0 Å². The summed E-state index contributed by atoms with van der Waals surface area (Å²) in [6.45, 7) is 7.66. The van der Waals surface area contributed by atoms with Crippen molar-refractivity contribution in [2.24, 2.45) is 0 Å². The molecule has 1 unspecified atom stereocenters. The van der Waals surface area contributed by atoms with Crippen molar-refractivity contribution in [1.82, 2.24) is 0 Å². The van der Waals surface area contributed by atoms with E-state index in [1.54, 1.807) is 13.8 Å². The van der Waals surface area contributed by atoms with Crippen LogP contribution in [0.2, 0.25) is 0 Å². The second kappa shape index (κ2) is 5.32. The number of esters is 1. The number of hydrogen-bond acceptors (Lipinski definition) is 3. The van der Waals surface area contributed by atoms with Crippen LogP contribution in [0.1, 0.15) is 37.0 Å². The van der Waals surface area contributed by atoms with E-state index in [2.05, 4.69) is 0 Å². The fourth-order valence-electron chi connectivity index (χ4n) is 1.88. The van der Waals surface area contributed by atoms with E-state index in [9.17, 15) is 9.90 Å². The Labute approximate surface area is 102 Å². The minimum atomic E-state index is -1.18. The van der Waals surface area contributed by atoms with E-state index in [1.807, 2.05) is 32.0 Å². The third-order valence-electron chi connectivity index (χ3n) is 2.64. The highest BCUT2D eigenvalue weighted by Gasteiger charge is 2.27. The number of carbonyl (C=O) groups is 1. The molecule has 0 saturated carbocycles. The van der Waals surface area contributed by atoms with Crippen LogP contribution in [0.3, 0.4) is 0 Å². The number of rotatable bonds is 4. The molecule has 0 saturated heterocycles. The van der Waals surface area contributed by atoms with Gasteiger partial charge in [-0.2, -0.15) is 0 Å². The lowest BCUT2D eigenvalue weighted by Gasteiger charge is -2.23. The summed E-state index contributed by atoms with van der Waals surface area (Å²) in [4.78, 5) is 11.4. The molecule has 0 aliphatic rings. The van der Waals surface area contributed by atoms with Gasteiger partial charge in [-0.1, -0.05) is 29.3 Å². The highest BCUT2D eigenvalue weighted by Crippen LogP contribution is 2.26. The van der Waals surface area contributed by atoms with Gasteiger partial charge in [0.25, 0.3) is 0 Å². The molecule has 1 aromatic carbocycles. The molecule has 0 aromatic heterocycles. The summed E-state index contributed by atoms with van der Waals surface area (Å²) in [6.07, 6.45) is -0.0241. The second-order valence-electron chi connectivity index (χ2n) is 4.63. The zero-order valence-corrected chi connectivity index (χ0v) is 10.9. The quantitative estimate of drug-likeness (QED) is 0.817. The Hall–Kier alpha value is -1.35. The smallest absolute Gasteiger partial charge is 0.309 e. The Morgan fingerprint density at radius 1 is 1.29 bits per heavy atom. The van der Waals surface area contributed by atoms with Crippen LogP contribution in [0.15, 0.2) is 18.2 Å². The van der Waals surface area contributed by atoms with Crippen LogP contribution in [-0.2, 0) is 15.1 Å². The van der Waals surface area contributed by atoms with Gasteiger partial charge >= 0.3 is 5.97 Å². The maximum atomic E-state index is 11.4. The predicted molar refractivity (Wildman–Crippen MR) is 66.7 cm³/mol. The Bertz CT molecular complexity index is 388. The Morgan fingerprint density at radius 3 is 2.29 bits per heavy atom. The molecule has 0 aliphatic heterocycles. The van der Waals surface area contributed by atoms with E-state index >= 15 is 0 Å². The molecule has 0 amide bonds. The predicted octanol–water partition coefficient (Wildman–Crippen LogP) is 2.46. The molecule has 0 fully saturated rings. The Balaban J connectivity index is 2.92. The van der Waals surface area contributed by atoms with Crippen molar-refractivity contribution in [2.75, 3.05) is 6.61 Å². The minimum absolute atomic E-state index is 0.0241. The Morgan fingerprint density at radius 2 is 1.82 bits per heavy atom. The lowest BCUT2D eigenvalue weighted by atomic mass is 9.90. The number of hydrogen-bond donors (Lipinski definition) is 1. The lowest BCUT2D eigenvalue weighted by Crippen LogP contribution is -2.26. The highest BCUT2D eigenvalue weighted by molar-refractivity contribution is 5.71. The van der Waals surface area contributed by atoms with Gasteiger partial charge in [-0.15, -0.1) is 0 Å². The van der Waals surface area contributed by atoms with E-state index in [4.69, 9.17) is 4.74 Å². The molecule has 0 bridgehead atoms. The Kier molecular flexibility index (Phi) is 4.29. The van der Waals surface area contributed by atoms with E-state index in [0.717, 1.165) is 16.7 Å². The molecular weight excluding hydrogens is 216 g/mol. The van der Waals surface area contributed by atoms with Crippen molar-refractivity contribution >= 4 is 5.97 Å². The molecule has 0 aliphatic carbocycles. The third-order valence-corrected chi connectivity index (χ3v) is 2.64. The molecule has 0 radical (unpaired) electrons. The summed E-state index contributed by atoms with van der Waals surface area (Å²) >= 11 is 0. The molecule has 1 atom stereocenters. The van der Waals surface area contributed by atoms with E-state index < -0.39 is 5.60 Å². The van der Waals surface area contributed by atoms with Gasteiger partial charge in [-0.25, -0.2) is 0 Å². The van der Waals surface area contributed by atoms with Crippen molar-refractivity contribution in [3.8, 4) is 0 Å². The van der Waals surface area contributed by atoms with Crippen LogP contribution in [-0.4, -0.2) is 17.7 Å². The molecule has 1 N–H and O–H groups in total. The number of ether oxygens (including phenoxy) is 1. The summed E-state index contributed by atoms with van der Waals surface area (Å²) in [5.74, 6) is -0.378. The van der Waals surface area contributed by atoms with Gasteiger partial charge < -0.3 is 9.84 Å². The molecule has 1 aromatic rings. The standard InChI is InChI=1S/C14H20O3/c1-5-17-13(15)9-14(4,16)12-7-10(2)6-11(3)8-12/h6-8,16H,5,9H2,1-4H3. The van der Waals surface area contributed by atoms with E-state index in [1.165, 1.54) is 0 Å². The molecule has 3 heteroatoms. The first kappa shape index (κ1) is 13.7. The average Bonchev–Trinajstić information content (AvgIpc) is 2.15. The zero-order chi connectivity index (χ0) is 13.1. The van der Waals surface area contributed by atoms with Crippen molar-refractivity contribution in [3.63, 3.8) is 0 Å². The van der Waals surface area contributed by atoms with Crippen molar-refractivity contribution < 1.29 is 14.6 Å². The molecule has 0 spiro atoms. The molecule has 17 heavy (non-hydrogen) atoms. The zero-order valence-electron chi connectivity index (χ0n) is 10.9. The van der Waals surface area contributed by atoms with Crippen molar-refractivity contribution in [3.05, 3.63) is 34.9 Å². The summed E-state index contributed by atoms with van der Waals surface area (Å²) in [7, 11) is 0. The molecule has 94 valence electrons. The summed E-state index contributed by atoms with van der Waals surface area (Å²) in [5.41, 5.74) is 1.72. The van der Waals surface area contributed by atoms with Crippen molar-refractivity contribution in [1.29, 1.82) is 0 Å². The number of aryl methyl sites for hydroxylation is 2. The third kappa shape index (κ3) is 3.86. The van der Waals surface area contributed by atoms with Gasteiger partial charge in [0.2, 0.25) is 0 Å². The minimum Gasteiger partial charge on any atom is -0.466 e.